The minimum Gasteiger partial charge on any atom is -0.355 e. The van der Waals surface area contributed by atoms with Gasteiger partial charge in [0, 0.05) is 6.04 Å². The lowest BCUT2D eigenvalue weighted by molar-refractivity contribution is -0.110. The van der Waals surface area contributed by atoms with Crippen LogP contribution >= 0.6 is 11.6 Å². The van der Waals surface area contributed by atoms with E-state index in [4.69, 9.17) is 11.6 Å². The van der Waals surface area contributed by atoms with Crippen LogP contribution in [0.2, 0.25) is 5.02 Å². The zero-order chi connectivity index (χ0) is 15.0. The van der Waals surface area contributed by atoms with E-state index in [0.717, 1.165) is 12.8 Å². The molecule has 1 unspecified atom stereocenters. The first-order chi connectivity index (χ1) is 9.48. The summed E-state index contributed by atoms with van der Waals surface area (Å²) in [6.07, 6.45) is 2.95. The lowest BCUT2D eigenvalue weighted by Gasteiger charge is -2.17. The van der Waals surface area contributed by atoms with Crippen molar-refractivity contribution in [2.24, 2.45) is 0 Å². The summed E-state index contributed by atoms with van der Waals surface area (Å²) in [6.45, 7) is 2.01. The van der Waals surface area contributed by atoms with Gasteiger partial charge in [-0.25, -0.2) is 8.42 Å². The van der Waals surface area contributed by atoms with Crippen molar-refractivity contribution in [2.45, 2.75) is 32.2 Å². The van der Waals surface area contributed by atoms with Crippen molar-refractivity contribution in [3.05, 3.63) is 29.3 Å². The predicted molar refractivity (Wildman–Crippen MR) is 81.4 cm³/mol. The molecule has 0 aliphatic heterocycles. The van der Waals surface area contributed by atoms with Gasteiger partial charge in [-0.05, 0) is 18.6 Å². The van der Waals surface area contributed by atoms with Crippen LogP contribution in [0.25, 0.3) is 0 Å². The van der Waals surface area contributed by atoms with Crippen LogP contribution in [0.4, 0.5) is 5.69 Å². The van der Waals surface area contributed by atoms with Crippen molar-refractivity contribution < 1.29 is 13.2 Å². The number of nitrogens with one attached hydrogen (secondary N) is 2. The molecule has 20 heavy (non-hydrogen) atoms. The molecule has 1 amide bonds. The number of unbranched alkanes of at least 4 members (excludes halogenated alkanes) is 1. The van der Waals surface area contributed by atoms with Crippen molar-refractivity contribution in [1.82, 2.24) is 5.32 Å². The van der Waals surface area contributed by atoms with Gasteiger partial charge in [0.25, 0.3) is 0 Å². The van der Waals surface area contributed by atoms with E-state index in [1.165, 1.54) is 0 Å². The molecule has 0 radical (unpaired) electrons. The molecule has 0 bridgehead atoms. The second kappa shape index (κ2) is 8.11. The maximum atomic E-state index is 12.1. The molecule has 1 aromatic carbocycles. The predicted octanol–water partition coefficient (Wildman–Crippen LogP) is 2.39. The SMILES string of the molecule is CCCCC(CS(=O)(=O)Nc1ccccc1Cl)NC=O. The van der Waals surface area contributed by atoms with Gasteiger partial charge in [-0.15, -0.1) is 0 Å². The summed E-state index contributed by atoms with van der Waals surface area (Å²) in [5.74, 6) is -0.170. The summed E-state index contributed by atoms with van der Waals surface area (Å²) in [4.78, 5) is 10.5. The molecule has 7 heteroatoms. The first kappa shape index (κ1) is 16.8. The third-order valence-electron chi connectivity index (χ3n) is 2.77. The van der Waals surface area contributed by atoms with Crippen LogP contribution < -0.4 is 10.0 Å². The second-order valence-corrected chi connectivity index (χ2v) is 6.66. The van der Waals surface area contributed by atoms with Gasteiger partial charge in [-0.1, -0.05) is 43.5 Å². The van der Waals surface area contributed by atoms with Crippen LogP contribution in [0.15, 0.2) is 24.3 Å². The average Bonchev–Trinajstić information content (AvgIpc) is 2.38. The van der Waals surface area contributed by atoms with Crippen molar-refractivity contribution in [3.8, 4) is 0 Å². The molecule has 2 N–H and O–H groups in total. The molecule has 0 aliphatic carbocycles. The highest BCUT2D eigenvalue weighted by molar-refractivity contribution is 7.92. The standard InChI is InChI=1S/C13H19ClN2O3S/c1-2-3-6-11(15-10-17)9-20(18,19)16-13-8-5-4-7-12(13)14/h4-5,7-8,10-11,16H,2-3,6,9H2,1H3,(H,15,17). The minimum absolute atomic E-state index is 0.170. The number of halogens is 1. The van der Waals surface area contributed by atoms with Crippen LogP contribution in [0, 0.1) is 0 Å². The summed E-state index contributed by atoms with van der Waals surface area (Å²) in [5.41, 5.74) is 0.342. The minimum atomic E-state index is -3.56. The molecule has 0 aromatic heterocycles. The molecule has 112 valence electrons. The third-order valence-corrected chi connectivity index (χ3v) is 4.47. The number of carbonyl (C=O) groups is 1. The Labute approximate surface area is 124 Å². The van der Waals surface area contributed by atoms with Crippen molar-refractivity contribution in [2.75, 3.05) is 10.5 Å². The normalized spacial score (nSPS) is 12.7. The molecule has 0 fully saturated rings. The number of para-hydroxylation sites is 1. The molecular formula is C13H19ClN2O3S. The maximum Gasteiger partial charge on any atom is 0.234 e. The van der Waals surface area contributed by atoms with Gasteiger partial charge in [0.05, 0.1) is 16.5 Å². The molecule has 1 aromatic rings. The smallest absolute Gasteiger partial charge is 0.234 e. The third kappa shape index (κ3) is 5.79. The summed E-state index contributed by atoms with van der Waals surface area (Å²) in [7, 11) is -3.56. The maximum absolute atomic E-state index is 12.1. The largest absolute Gasteiger partial charge is 0.355 e. The molecule has 5 nitrogen and oxygen atoms in total. The second-order valence-electron chi connectivity index (χ2n) is 4.49. The zero-order valence-corrected chi connectivity index (χ0v) is 12.9. The van der Waals surface area contributed by atoms with Crippen LogP contribution in [0.3, 0.4) is 0 Å². The Bertz CT molecular complexity index is 534. The van der Waals surface area contributed by atoms with Crippen LogP contribution in [-0.4, -0.2) is 26.6 Å². The van der Waals surface area contributed by atoms with Crippen molar-refractivity contribution in [1.29, 1.82) is 0 Å². The van der Waals surface area contributed by atoms with E-state index in [0.29, 0.717) is 23.5 Å². The van der Waals surface area contributed by atoms with Gasteiger partial charge in [0.15, 0.2) is 0 Å². The van der Waals surface area contributed by atoms with Crippen LogP contribution in [0.5, 0.6) is 0 Å². The molecule has 0 spiro atoms. The Morgan fingerprint density at radius 1 is 1.35 bits per heavy atom. The number of rotatable bonds is 9. The Kier molecular flexibility index (Phi) is 6.81. The van der Waals surface area contributed by atoms with Crippen LogP contribution in [0.1, 0.15) is 26.2 Å². The van der Waals surface area contributed by atoms with E-state index in [1.807, 2.05) is 6.92 Å². The number of benzene rings is 1. The molecule has 0 aliphatic rings. The molecule has 1 atom stereocenters. The highest BCUT2D eigenvalue weighted by Gasteiger charge is 2.19. The van der Waals surface area contributed by atoms with Gasteiger partial charge in [0.1, 0.15) is 0 Å². The van der Waals surface area contributed by atoms with E-state index < -0.39 is 16.1 Å². The fourth-order valence-corrected chi connectivity index (χ4v) is 3.41. The number of carbonyl (C=O) groups excluding carboxylic acids is 1. The number of hydrogen-bond acceptors (Lipinski definition) is 3. The number of anilines is 1. The quantitative estimate of drug-likeness (QED) is 0.686. The van der Waals surface area contributed by atoms with Crippen LogP contribution in [-0.2, 0) is 14.8 Å². The van der Waals surface area contributed by atoms with E-state index >= 15 is 0 Å². The molecule has 0 saturated carbocycles. The number of sulfonamides is 1. The number of hydrogen-bond donors (Lipinski definition) is 2. The first-order valence-corrected chi connectivity index (χ1v) is 8.46. The van der Waals surface area contributed by atoms with Crippen molar-refractivity contribution in [3.63, 3.8) is 0 Å². The lowest BCUT2D eigenvalue weighted by Crippen LogP contribution is -2.36. The topological polar surface area (TPSA) is 75.3 Å². The Morgan fingerprint density at radius 2 is 2.05 bits per heavy atom. The van der Waals surface area contributed by atoms with Crippen molar-refractivity contribution >= 4 is 33.7 Å². The summed E-state index contributed by atoms with van der Waals surface area (Å²) < 4.78 is 26.6. The Morgan fingerprint density at radius 3 is 2.65 bits per heavy atom. The van der Waals surface area contributed by atoms with Gasteiger partial charge in [0.2, 0.25) is 16.4 Å². The van der Waals surface area contributed by atoms with E-state index in [-0.39, 0.29) is 5.75 Å². The summed E-state index contributed by atoms with van der Waals surface area (Å²) >= 11 is 5.91. The monoisotopic (exact) mass is 318 g/mol. The van der Waals surface area contributed by atoms with Gasteiger partial charge in [-0.3, -0.25) is 9.52 Å². The van der Waals surface area contributed by atoms with Gasteiger partial charge in [-0.2, -0.15) is 0 Å². The average molecular weight is 319 g/mol. The molecule has 0 heterocycles. The zero-order valence-electron chi connectivity index (χ0n) is 11.3. The fourth-order valence-electron chi connectivity index (χ4n) is 1.78. The number of amides is 1. The first-order valence-electron chi connectivity index (χ1n) is 6.43. The van der Waals surface area contributed by atoms with Gasteiger partial charge < -0.3 is 5.32 Å². The molecule has 1 rings (SSSR count). The molecular weight excluding hydrogens is 300 g/mol. The van der Waals surface area contributed by atoms with E-state index in [9.17, 15) is 13.2 Å². The molecule has 0 saturated heterocycles. The highest BCUT2D eigenvalue weighted by atomic mass is 35.5. The Hall–Kier alpha value is -1.27. The fraction of sp³-hybridized carbons (Fsp3) is 0.462. The van der Waals surface area contributed by atoms with E-state index in [2.05, 4.69) is 10.0 Å². The Balaban J connectivity index is 2.72. The van der Waals surface area contributed by atoms with Gasteiger partial charge >= 0.3 is 0 Å². The lowest BCUT2D eigenvalue weighted by atomic mass is 10.1. The summed E-state index contributed by atoms with van der Waals surface area (Å²) in [5, 5.41) is 2.88. The summed E-state index contributed by atoms with van der Waals surface area (Å²) in [6, 6.07) is 6.22. The van der Waals surface area contributed by atoms with E-state index in [1.54, 1.807) is 24.3 Å². The highest BCUT2D eigenvalue weighted by Crippen LogP contribution is 2.22.